The lowest BCUT2D eigenvalue weighted by Crippen LogP contribution is -2.45. The third-order valence-corrected chi connectivity index (χ3v) is 4.46. The highest BCUT2D eigenvalue weighted by Gasteiger charge is 2.66. The minimum absolute atomic E-state index is 0.129. The van der Waals surface area contributed by atoms with Gasteiger partial charge in [-0.1, -0.05) is 0 Å². The Bertz CT molecular complexity index is 306. The zero-order valence-electron chi connectivity index (χ0n) is 9.98. The third kappa shape index (κ3) is 1.95. The van der Waals surface area contributed by atoms with Gasteiger partial charge in [-0.05, 0) is 39.0 Å². The summed E-state index contributed by atoms with van der Waals surface area (Å²) in [5, 5.41) is 12.9. The van der Waals surface area contributed by atoms with E-state index in [0.29, 0.717) is 25.8 Å². The summed E-state index contributed by atoms with van der Waals surface area (Å²) in [5.41, 5.74) is -2.02. The Balaban J connectivity index is 1.87. The fourth-order valence-electron chi connectivity index (χ4n) is 2.95. The van der Waals surface area contributed by atoms with Crippen molar-refractivity contribution in [3.63, 3.8) is 0 Å². The summed E-state index contributed by atoms with van der Waals surface area (Å²) in [7, 11) is 0. The van der Waals surface area contributed by atoms with Gasteiger partial charge >= 0.3 is 0 Å². The van der Waals surface area contributed by atoms with Gasteiger partial charge in [0, 0.05) is 18.9 Å². The zero-order valence-corrected chi connectivity index (χ0v) is 9.98. The van der Waals surface area contributed by atoms with Gasteiger partial charge in [0.1, 0.15) is 5.67 Å². The van der Waals surface area contributed by atoms with Gasteiger partial charge in [-0.25, -0.2) is 4.39 Å². The molecule has 0 aromatic carbocycles. The second kappa shape index (κ2) is 3.42. The number of carbonyl (C=O) groups excluding carboxylic acids is 1. The molecule has 2 saturated carbocycles. The first-order valence-electron chi connectivity index (χ1n) is 5.95. The molecule has 2 fully saturated rings. The van der Waals surface area contributed by atoms with Crippen LogP contribution in [0.4, 0.5) is 4.39 Å². The van der Waals surface area contributed by atoms with E-state index in [1.54, 1.807) is 6.92 Å². The molecule has 2 rings (SSSR count). The standard InChI is InChI=1S/C12H20FNO2/c1-9(15)14-8-12(16)5-3-11(4-6-12)7-10(11,2)13/h16H,3-8H2,1-2H3,(H,14,15). The van der Waals surface area contributed by atoms with Crippen molar-refractivity contribution in [3.8, 4) is 0 Å². The normalized spacial score (nSPS) is 46.8. The van der Waals surface area contributed by atoms with Crippen molar-refractivity contribution in [3.05, 3.63) is 0 Å². The molecule has 4 heteroatoms. The van der Waals surface area contributed by atoms with Crippen LogP contribution in [0.2, 0.25) is 0 Å². The number of amides is 1. The lowest BCUT2D eigenvalue weighted by molar-refractivity contribution is -0.120. The first-order valence-corrected chi connectivity index (χ1v) is 5.95. The largest absolute Gasteiger partial charge is 0.388 e. The molecule has 0 aliphatic heterocycles. The molecule has 0 bridgehead atoms. The maximum absolute atomic E-state index is 13.8. The molecule has 2 aliphatic carbocycles. The number of hydrogen-bond acceptors (Lipinski definition) is 2. The second-order valence-electron chi connectivity index (χ2n) is 5.79. The molecule has 0 aromatic rings. The number of halogens is 1. The van der Waals surface area contributed by atoms with Gasteiger partial charge in [-0.2, -0.15) is 0 Å². The van der Waals surface area contributed by atoms with Gasteiger partial charge < -0.3 is 10.4 Å². The minimum Gasteiger partial charge on any atom is -0.388 e. The van der Waals surface area contributed by atoms with Crippen LogP contribution in [0.25, 0.3) is 0 Å². The van der Waals surface area contributed by atoms with Crippen LogP contribution < -0.4 is 5.32 Å². The highest BCUT2D eigenvalue weighted by atomic mass is 19.1. The van der Waals surface area contributed by atoms with Crippen LogP contribution in [0.5, 0.6) is 0 Å². The fraction of sp³-hybridized carbons (Fsp3) is 0.917. The van der Waals surface area contributed by atoms with Crippen molar-refractivity contribution in [2.45, 2.75) is 57.2 Å². The summed E-state index contributed by atoms with van der Waals surface area (Å²) in [6, 6.07) is 0. The Kier molecular flexibility index (Phi) is 2.53. The SMILES string of the molecule is CC(=O)NCC1(O)CCC2(CC1)CC2(C)F. The minimum atomic E-state index is -1.03. The Morgan fingerprint density at radius 3 is 2.25 bits per heavy atom. The number of alkyl halides is 1. The number of nitrogens with one attached hydrogen (secondary N) is 1. The average Bonchev–Trinajstić information content (AvgIpc) is 2.72. The quantitative estimate of drug-likeness (QED) is 0.754. The van der Waals surface area contributed by atoms with Crippen molar-refractivity contribution in [2.75, 3.05) is 6.54 Å². The van der Waals surface area contributed by atoms with Crippen molar-refractivity contribution in [1.82, 2.24) is 5.32 Å². The average molecular weight is 229 g/mol. The van der Waals surface area contributed by atoms with Crippen LogP contribution in [0.3, 0.4) is 0 Å². The maximum Gasteiger partial charge on any atom is 0.216 e. The van der Waals surface area contributed by atoms with E-state index in [-0.39, 0.29) is 11.3 Å². The van der Waals surface area contributed by atoms with Crippen molar-refractivity contribution < 1.29 is 14.3 Å². The van der Waals surface area contributed by atoms with E-state index in [2.05, 4.69) is 5.32 Å². The van der Waals surface area contributed by atoms with E-state index < -0.39 is 11.3 Å². The Labute approximate surface area is 95.4 Å². The molecule has 1 spiro atoms. The topological polar surface area (TPSA) is 49.3 Å². The highest BCUT2D eigenvalue weighted by Crippen LogP contribution is 2.67. The first-order chi connectivity index (χ1) is 7.29. The molecular formula is C12H20FNO2. The van der Waals surface area contributed by atoms with Crippen molar-refractivity contribution in [2.24, 2.45) is 5.41 Å². The number of aliphatic hydroxyl groups is 1. The van der Waals surface area contributed by atoms with Crippen molar-refractivity contribution in [1.29, 1.82) is 0 Å². The van der Waals surface area contributed by atoms with Crippen LogP contribution in [-0.2, 0) is 4.79 Å². The summed E-state index contributed by atoms with van der Waals surface area (Å²) in [4.78, 5) is 10.8. The predicted molar refractivity (Wildman–Crippen MR) is 58.7 cm³/mol. The molecule has 1 amide bonds. The van der Waals surface area contributed by atoms with Gasteiger partial charge in [-0.15, -0.1) is 0 Å². The van der Waals surface area contributed by atoms with Crippen LogP contribution in [-0.4, -0.2) is 28.8 Å². The van der Waals surface area contributed by atoms with E-state index >= 15 is 0 Å². The zero-order chi connectivity index (χ0) is 12.0. The van der Waals surface area contributed by atoms with E-state index in [0.717, 1.165) is 12.8 Å². The van der Waals surface area contributed by atoms with Crippen LogP contribution in [0.1, 0.15) is 46.0 Å². The molecule has 1 atom stereocenters. The molecule has 1 unspecified atom stereocenters. The van der Waals surface area contributed by atoms with Gasteiger partial charge in [-0.3, -0.25) is 4.79 Å². The second-order valence-corrected chi connectivity index (χ2v) is 5.79. The first kappa shape index (κ1) is 11.8. The Morgan fingerprint density at radius 1 is 1.38 bits per heavy atom. The van der Waals surface area contributed by atoms with E-state index in [1.807, 2.05) is 0 Å². The van der Waals surface area contributed by atoms with Crippen LogP contribution in [0.15, 0.2) is 0 Å². The number of hydrogen-bond donors (Lipinski definition) is 2. The van der Waals surface area contributed by atoms with Gasteiger partial charge in [0.15, 0.2) is 0 Å². The summed E-state index contributed by atoms with van der Waals surface area (Å²) in [6.45, 7) is 3.39. The van der Waals surface area contributed by atoms with Crippen molar-refractivity contribution >= 4 is 5.91 Å². The summed E-state index contributed by atoms with van der Waals surface area (Å²) in [6.07, 6.45) is 3.28. The molecular weight excluding hydrogens is 209 g/mol. The summed E-state index contributed by atoms with van der Waals surface area (Å²) in [5.74, 6) is -0.129. The maximum atomic E-state index is 13.8. The smallest absolute Gasteiger partial charge is 0.216 e. The molecule has 0 radical (unpaired) electrons. The van der Waals surface area contributed by atoms with E-state index in [9.17, 15) is 14.3 Å². The lowest BCUT2D eigenvalue weighted by Gasteiger charge is -2.37. The molecule has 16 heavy (non-hydrogen) atoms. The van der Waals surface area contributed by atoms with E-state index in [4.69, 9.17) is 0 Å². The monoisotopic (exact) mass is 229 g/mol. The van der Waals surface area contributed by atoms with Gasteiger partial charge in [0.2, 0.25) is 5.91 Å². The van der Waals surface area contributed by atoms with Gasteiger partial charge in [0.25, 0.3) is 0 Å². The Morgan fingerprint density at radius 2 is 1.88 bits per heavy atom. The van der Waals surface area contributed by atoms with E-state index in [1.165, 1.54) is 6.92 Å². The highest BCUT2D eigenvalue weighted by molar-refractivity contribution is 5.72. The fourth-order valence-corrected chi connectivity index (χ4v) is 2.95. The Hall–Kier alpha value is -0.640. The molecule has 2 N–H and O–H groups in total. The molecule has 3 nitrogen and oxygen atoms in total. The number of carbonyl (C=O) groups is 1. The predicted octanol–water partition coefficient (Wildman–Crippen LogP) is 1.55. The molecule has 0 saturated heterocycles. The molecule has 2 aliphatic rings. The third-order valence-electron chi connectivity index (χ3n) is 4.46. The lowest BCUT2D eigenvalue weighted by atomic mass is 9.75. The van der Waals surface area contributed by atoms with Crippen LogP contribution in [0, 0.1) is 5.41 Å². The molecule has 92 valence electrons. The van der Waals surface area contributed by atoms with Crippen LogP contribution >= 0.6 is 0 Å². The number of rotatable bonds is 2. The summed E-state index contributed by atoms with van der Waals surface area (Å²) >= 11 is 0. The molecule has 0 heterocycles. The summed E-state index contributed by atoms with van der Waals surface area (Å²) < 4.78 is 13.8. The molecule has 0 aromatic heterocycles. The van der Waals surface area contributed by atoms with Gasteiger partial charge in [0.05, 0.1) is 5.60 Å².